The molecule has 0 amide bonds. The molecule has 0 bridgehead atoms. The second kappa shape index (κ2) is 3.80. The van der Waals surface area contributed by atoms with Gasteiger partial charge >= 0.3 is 0 Å². The van der Waals surface area contributed by atoms with Crippen molar-refractivity contribution in [2.45, 2.75) is 6.10 Å². The van der Waals surface area contributed by atoms with Gasteiger partial charge in [0.15, 0.2) is 0 Å². The van der Waals surface area contributed by atoms with Gasteiger partial charge in [0.1, 0.15) is 0 Å². The summed E-state index contributed by atoms with van der Waals surface area (Å²) in [4.78, 5) is 3.86. The van der Waals surface area contributed by atoms with E-state index in [2.05, 4.69) is 20.9 Å². The maximum absolute atomic E-state index is 9.33. The topological polar surface area (TPSA) is 59.1 Å². The summed E-state index contributed by atoms with van der Waals surface area (Å²) in [6.45, 7) is 0.225. The molecule has 1 aromatic rings. The number of hydrogen-bond acceptors (Lipinski definition) is 3. The fourth-order valence-electron chi connectivity index (χ4n) is 0.783. The Morgan fingerprint density at radius 3 is 3.00 bits per heavy atom. The SMILES string of the molecule is NCC(O)c1ccncc1Br. The molecule has 0 saturated carbocycles. The van der Waals surface area contributed by atoms with E-state index in [9.17, 15) is 5.11 Å². The Labute approximate surface area is 73.4 Å². The summed E-state index contributed by atoms with van der Waals surface area (Å²) in [7, 11) is 0. The van der Waals surface area contributed by atoms with Gasteiger partial charge in [0.25, 0.3) is 0 Å². The summed E-state index contributed by atoms with van der Waals surface area (Å²) in [5.74, 6) is 0. The van der Waals surface area contributed by atoms with E-state index in [0.29, 0.717) is 0 Å². The lowest BCUT2D eigenvalue weighted by atomic mass is 10.1. The molecule has 1 heterocycles. The predicted octanol–water partition coefficient (Wildman–Crippen LogP) is 0.836. The number of aliphatic hydroxyl groups is 1. The molecule has 0 aliphatic heterocycles. The molecule has 1 rings (SSSR count). The molecule has 1 atom stereocenters. The number of halogens is 1. The van der Waals surface area contributed by atoms with E-state index >= 15 is 0 Å². The number of hydrogen-bond donors (Lipinski definition) is 2. The van der Waals surface area contributed by atoms with Gasteiger partial charge in [-0.2, -0.15) is 0 Å². The molecule has 0 radical (unpaired) electrons. The highest BCUT2D eigenvalue weighted by Gasteiger charge is 2.07. The van der Waals surface area contributed by atoms with Crippen LogP contribution in [0.5, 0.6) is 0 Å². The van der Waals surface area contributed by atoms with Gasteiger partial charge in [-0.05, 0) is 27.6 Å². The number of aliphatic hydroxyl groups excluding tert-OH is 1. The molecule has 3 N–H and O–H groups in total. The van der Waals surface area contributed by atoms with Crippen LogP contribution in [-0.2, 0) is 0 Å². The fraction of sp³-hybridized carbons (Fsp3) is 0.286. The number of rotatable bonds is 2. The van der Waals surface area contributed by atoms with Gasteiger partial charge in [-0.3, -0.25) is 4.98 Å². The predicted molar refractivity (Wildman–Crippen MR) is 46.0 cm³/mol. The molecular formula is C7H9BrN2O. The summed E-state index contributed by atoms with van der Waals surface area (Å²) >= 11 is 3.26. The molecule has 0 aliphatic carbocycles. The summed E-state index contributed by atoms with van der Waals surface area (Å²) in [5, 5.41) is 9.33. The number of nitrogens with two attached hydrogens (primary N) is 1. The van der Waals surface area contributed by atoms with Crippen LogP contribution < -0.4 is 5.73 Å². The van der Waals surface area contributed by atoms with Gasteiger partial charge in [0, 0.05) is 23.4 Å². The van der Waals surface area contributed by atoms with Crippen molar-refractivity contribution in [3.8, 4) is 0 Å². The van der Waals surface area contributed by atoms with Crippen LogP contribution in [0, 0.1) is 0 Å². The third kappa shape index (κ3) is 1.99. The molecule has 0 aromatic carbocycles. The second-order valence-electron chi connectivity index (χ2n) is 2.15. The van der Waals surface area contributed by atoms with Crippen LogP contribution in [0.4, 0.5) is 0 Å². The van der Waals surface area contributed by atoms with Gasteiger partial charge in [-0.25, -0.2) is 0 Å². The first-order valence-corrected chi connectivity index (χ1v) is 4.02. The third-order valence-corrected chi connectivity index (χ3v) is 2.05. The zero-order valence-electron chi connectivity index (χ0n) is 5.87. The van der Waals surface area contributed by atoms with Crippen LogP contribution in [0.3, 0.4) is 0 Å². The van der Waals surface area contributed by atoms with Crippen LogP contribution in [0.1, 0.15) is 11.7 Å². The quantitative estimate of drug-likeness (QED) is 0.771. The standard InChI is InChI=1S/C7H9BrN2O/c8-6-4-10-2-1-5(6)7(11)3-9/h1-2,4,7,11H,3,9H2. The van der Waals surface area contributed by atoms with Crippen molar-refractivity contribution < 1.29 is 5.11 Å². The van der Waals surface area contributed by atoms with Crippen molar-refractivity contribution in [3.63, 3.8) is 0 Å². The molecule has 1 aromatic heterocycles. The van der Waals surface area contributed by atoms with Gasteiger partial charge in [0.2, 0.25) is 0 Å². The van der Waals surface area contributed by atoms with Crippen molar-refractivity contribution >= 4 is 15.9 Å². The first-order chi connectivity index (χ1) is 5.25. The maximum atomic E-state index is 9.33. The van der Waals surface area contributed by atoms with Crippen molar-refractivity contribution in [2.24, 2.45) is 5.73 Å². The first-order valence-electron chi connectivity index (χ1n) is 3.23. The van der Waals surface area contributed by atoms with Crippen molar-refractivity contribution in [1.82, 2.24) is 4.98 Å². The molecule has 4 heteroatoms. The Balaban J connectivity index is 2.93. The molecule has 60 valence electrons. The fourth-order valence-corrected chi connectivity index (χ4v) is 1.30. The van der Waals surface area contributed by atoms with E-state index in [4.69, 9.17) is 5.73 Å². The van der Waals surface area contributed by atoms with E-state index in [1.807, 2.05) is 0 Å². The van der Waals surface area contributed by atoms with Gasteiger partial charge in [-0.1, -0.05) is 0 Å². The zero-order valence-corrected chi connectivity index (χ0v) is 7.45. The second-order valence-corrected chi connectivity index (χ2v) is 3.00. The van der Waals surface area contributed by atoms with Crippen molar-refractivity contribution in [3.05, 3.63) is 28.5 Å². The summed E-state index contributed by atoms with van der Waals surface area (Å²) in [5.41, 5.74) is 6.06. The van der Waals surface area contributed by atoms with Crippen LogP contribution in [0.2, 0.25) is 0 Å². The number of pyridine rings is 1. The summed E-state index contributed by atoms with van der Waals surface area (Å²) < 4.78 is 0.790. The van der Waals surface area contributed by atoms with E-state index in [-0.39, 0.29) is 6.54 Å². The van der Waals surface area contributed by atoms with Crippen molar-refractivity contribution in [2.75, 3.05) is 6.54 Å². The minimum Gasteiger partial charge on any atom is -0.387 e. The zero-order chi connectivity index (χ0) is 8.27. The third-order valence-electron chi connectivity index (χ3n) is 1.39. The van der Waals surface area contributed by atoms with Crippen LogP contribution in [-0.4, -0.2) is 16.6 Å². The molecular weight excluding hydrogens is 208 g/mol. The van der Waals surface area contributed by atoms with Gasteiger partial charge < -0.3 is 10.8 Å². The number of nitrogens with zero attached hydrogens (tertiary/aromatic N) is 1. The lowest BCUT2D eigenvalue weighted by Crippen LogP contribution is -2.11. The van der Waals surface area contributed by atoms with Crippen LogP contribution in [0.15, 0.2) is 22.9 Å². The Hall–Kier alpha value is -0.450. The highest BCUT2D eigenvalue weighted by Crippen LogP contribution is 2.20. The normalized spacial score (nSPS) is 13.0. The Bertz CT molecular complexity index is 242. The monoisotopic (exact) mass is 216 g/mol. The smallest absolute Gasteiger partial charge is 0.0924 e. The van der Waals surface area contributed by atoms with E-state index in [1.54, 1.807) is 18.5 Å². The van der Waals surface area contributed by atoms with Crippen LogP contribution in [0.25, 0.3) is 0 Å². The molecule has 0 spiro atoms. The Kier molecular flexibility index (Phi) is 2.99. The number of aromatic nitrogens is 1. The van der Waals surface area contributed by atoms with Gasteiger partial charge in [-0.15, -0.1) is 0 Å². The largest absolute Gasteiger partial charge is 0.387 e. The van der Waals surface area contributed by atoms with Crippen molar-refractivity contribution in [1.29, 1.82) is 0 Å². The van der Waals surface area contributed by atoms with E-state index < -0.39 is 6.10 Å². The Morgan fingerprint density at radius 2 is 2.45 bits per heavy atom. The lowest BCUT2D eigenvalue weighted by Gasteiger charge is -2.08. The minimum absolute atomic E-state index is 0.225. The highest BCUT2D eigenvalue weighted by atomic mass is 79.9. The molecule has 3 nitrogen and oxygen atoms in total. The molecule has 0 aliphatic rings. The summed E-state index contributed by atoms with van der Waals surface area (Å²) in [6.07, 6.45) is 2.65. The Morgan fingerprint density at radius 1 is 1.73 bits per heavy atom. The van der Waals surface area contributed by atoms with Gasteiger partial charge in [0.05, 0.1) is 6.10 Å². The average Bonchev–Trinajstić information content (AvgIpc) is 2.04. The van der Waals surface area contributed by atoms with E-state index in [0.717, 1.165) is 10.0 Å². The highest BCUT2D eigenvalue weighted by molar-refractivity contribution is 9.10. The summed E-state index contributed by atoms with van der Waals surface area (Å²) in [6, 6.07) is 1.74. The first kappa shape index (κ1) is 8.64. The molecule has 0 saturated heterocycles. The average molecular weight is 217 g/mol. The lowest BCUT2D eigenvalue weighted by molar-refractivity contribution is 0.186. The molecule has 0 fully saturated rings. The maximum Gasteiger partial charge on any atom is 0.0924 e. The molecule has 11 heavy (non-hydrogen) atoms. The minimum atomic E-state index is -0.604. The van der Waals surface area contributed by atoms with E-state index in [1.165, 1.54) is 0 Å². The molecule has 1 unspecified atom stereocenters. The van der Waals surface area contributed by atoms with Crippen LogP contribution >= 0.6 is 15.9 Å².